The highest BCUT2D eigenvalue weighted by Gasteiger charge is 2.30. The van der Waals surface area contributed by atoms with Gasteiger partial charge in [-0.2, -0.15) is 5.26 Å². The zero-order chi connectivity index (χ0) is 22.7. The van der Waals surface area contributed by atoms with Gasteiger partial charge in [-0.3, -0.25) is 4.90 Å². The first-order valence-electron chi connectivity index (χ1n) is 10.6. The highest BCUT2D eigenvalue weighted by atomic mass is 35.5. The Morgan fingerprint density at radius 1 is 0.938 bits per heavy atom. The molecule has 0 radical (unpaired) electrons. The number of rotatable bonds is 5. The number of benzene rings is 3. The molecular formula is C26H24Cl3N3. The molecule has 1 fully saturated rings. The van der Waals surface area contributed by atoms with Crippen LogP contribution in [0, 0.1) is 11.3 Å². The third-order valence-electron chi connectivity index (χ3n) is 6.08. The van der Waals surface area contributed by atoms with E-state index in [2.05, 4.69) is 47.1 Å². The van der Waals surface area contributed by atoms with Gasteiger partial charge in [0.05, 0.1) is 28.4 Å². The van der Waals surface area contributed by atoms with Gasteiger partial charge in [-0.1, -0.05) is 66.0 Å². The number of nitriles is 1. The summed E-state index contributed by atoms with van der Waals surface area (Å²) < 4.78 is 0. The first-order valence-corrected chi connectivity index (χ1v) is 11.8. The van der Waals surface area contributed by atoms with Crippen molar-refractivity contribution in [1.29, 1.82) is 5.26 Å². The maximum absolute atomic E-state index is 9.05. The van der Waals surface area contributed by atoms with Gasteiger partial charge in [-0.25, -0.2) is 0 Å². The molecule has 0 aliphatic carbocycles. The maximum atomic E-state index is 9.05. The van der Waals surface area contributed by atoms with Crippen LogP contribution < -0.4 is 4.90 Å². The Kier molecular flexibility index (Phi) is 7.28. The molecule has 164 valence electrons. The molecule has 2 atom stereocenters. The zero-order valence-electron chi connectivity index (χ0n) is 17.8. The fourth-order valence-electron chi connectivity index (χ4n) is 4.36. The number of hydrogen-bond donors (Lipinski definition) is 0. The normalized spacial score (nSPS) is 17.7. The molecule has 3 aromatic rings. The average molecular weight is 485 g/mol. The first-order chi connectivity index (χ1) is 15.4. The minimum absolute atomic E-state index is 0.146. The summed E-state index contributed by atoms with van der Waals surface area (Å²) in [6.07, 6.45) is 0. The highest BCUT2D eigenvalue weighted by molar-refractivity contribution is 6.36. The Morgan fingerprint density at radius 2 is 1.62 bits per heavy atom. The average Bonchev–Trinajstić information content (AvgIpc) is 2.80. The Morgan fingerprint density at radius 3 is 2.28 bits per heavy atom. The minimum atomic E-state index is 0.146. The Balaban J connectivity index is 1.56. The van der Waals surface area contributed by atoms with E-state index in [-0.39, 0.29) is 6.04 Å². The highest BCUT2D eigenvalue weighted by Crippen LogP contribution is 2.37. The zero-order valence-corrected chi connectivity index (χ0v) is 20.1. The lowest BCUT2D eigenvalue weighted by Crippen LogP contribution is -2.49. The van der Waals surface area contributed by atoms with Crippen LogP contribution in [0.2, 0.25) is 15.1 Å². The summed E-state index contributed by atoms with van der Waals surface area (Å²) in [6.45, 7) is 5.85. The molecule has 0 amide bonds. The molecule has 3 nitrogen and oxygen atoms in total. The summed E-state index contributed by atoms with van der Waals surface area (Å²) in [4.78, 5) is 4.87. The van der Waals surface area contributed by atoms with Gasteiger partial charge in [0, 0.05) is 36.2 Å². The summed E-state index contributed by atoms with van der Waals surface area (Å²) >= 11 is 18.9. The van der Waals surface area contributed by atoms with E-state index in [0.29, 0.717) is 21.5 Å². The number of nitrogens with zero attached hydrogens (tertiary/aromatic N) is 3. The van der Waals surface area contributed by atoms with Crippen molar-refractivity contribution in [3.05, 3.63) is 98.5 Å². The molecule has 1 heterocycles. The Labute approximate surface area is 204 Å². The van der Waals surface area contributed by atoms with Crippen LogP contribution in [0.15, 0.2) is 66.7 Å². The molecule has 0 spiro atoms. The van der Waals surface area contributed by atoms with Crippen molar-refractivity contribution in [2.45, 2.75) is 18.9 Å². The molecule has 4 rings (SSSR count). The smallest absolute Gasteiger partial charge is 0.0991 e. The molecule has 0 saturated carbocycles. The number of anilines is 1. The summed E-state index contributed by atoms with van der Waals surface area (Å²) in [6, 6.07) is 24.0. The van der Waals surface area contributed by atoms with E-state index in [9.17, 15) is 0 Å². The van der Waals surface area contributed by atoms with Crippen molar-refractivity contribution in [2.24, 2.45) is 0 Å². The second-order valence-electron chi connectivity index (χ2n) is 8.25. The van der Waals surface area contributed by atoms with Crippen LogP contribution in [0.5, 0.6) is 0 Å². The fourth-order valence-corrected chi connectivity index (χ4v) is 5.00. The predicted molar refractivity (Wildman–Crippen MR) is 134 cm³/mol. The minimum Gasteiger partial charge on any atom is -0.361 e. The lowest BCUT2D eigenvalue weighted by Gasteiger charge is -2.44. The molecule has 0 unspecified atom stereocenters. The first kappa shape index (κ1) is 23.0. The molecule has 6 heteroatoms. The molecular weight excluding hydrogens is 461 g/mol. The van der Waals surface area contributed by atoms with Crippen LogP contribution in [-0.4, -0.2) is 31.1 Å². The van der Waals surface area contributed by atoms with E-state index in [1.165, 1.54) is 11.1 Å². The molecule has 1 saturated heterocycles. The lowest BCUT2D eigenvalue weighted by atomic mass is 9.97. The number of hydrogen-bond acceptors (Lipinski definition) is 3. The van der Waals surface area contributed by atoms with Crippen LogP contribution in [0.3, 0.4) is 0 Å². The molecule has 1 aliphatic rings. The van der Waals surface area contributed by atoms with E-state index in [1.807, 2.05) is 36.4 Å². The van der Waals surface area contributed by atoms with E-state index in [1.54, 1.807) is 6.07 Å². The quantitative estimate of drug-likeness (QED) is 0.384. The van der Waals surface area contributed by atoms with E-state index < -0.39 is 0 Å². The topological polar surface area (TPSA) is 30.3 Å². The predicted octanol–water partition coefficient (Wildman–Crippen LogP) is 7.19. The Bertz CT molecular complexity index is 1110. The van der Waals surface area contributed by atoms with Crippen molar-refractivity contribution >= 4 is 40.5 Å². The van der Waals surface area contributed by atoms with Gasteiger partial charge in [-0.05, 0) is 59.5 Å². The van der Waals surface area contributed by atoms with Crippen molar-refractivity contribution in [3.8, 4) is 6.07 Å². The largest absolute Gasteiger partial charge is 0.361 e. The molecule has 3 aromatic carbocycles. The van der Waals surface area contributed by atoms with E-state index in [0.717, 1.165) is 36.9 Å². The molecule has 32 heavy (non-hydrogen) atoms. The maximum Gasteiger partial charge on any atom is 0.0991 e. The van der Waals surface area contributed by atoms with Crippen molar-refractivity contribution in [3.63, 3.8) is 0 Å². The van der Waals surface area contributed by atoms with Crippen LogP contribution in [-0.2, 0) is 0 Å². The van der Waals surface area contributed by atoms with Gasteiger partial charge in [0.25, 0.3) is 0 Å². The summed E-state index contributed by atoms with van der Waals surface area (Å²) in [7, 11) is 0. The third kappa shape index (κ3) is 5.22. The lowest BCUT2D eigenvalue weighted by molar-refractivity contribution is 0.214. The number of piperazine rings is 1. The molecule has 0 aromatic heterocycles. The summed E-state index contributed by atoms with van der Waals surface area (Å²) in [5, 5.41) is 11.1. The van der Waals surface area contributed by atoms with Crippen molar-refractivity contribution in [1.82, 2.24) is 4.90 Å². The molecule has 0 bridgehead atoms. The van der Waals surface area contributed by atoms with Gasteiger partial charge < -0.3 is 4.90 Å². The number of halogens is 3. The van der Waals surface area contributed by atoms with Gasteiger partial charge in [0.1, 0.15) is 0 Å². The molecule has 0 N–H and O–H groups in total. The molecule has 1 aliphatic heterocycles. The van der Waals surface area contributed by atoms with Crippen molar-refractivity contribution in [2.75, 3.05) is 31.1 Å². The summed E-state index contributed by atoms with van der Waals surface area (Å²) in [5.74, 6) is 0.360. The van der Waals surface area contributed by atoms with Gasteiger partial charge in [-0.15, -0.1) is 0 Å². The summed E-state index contributed by atoms with van der Waals surface area (Å²) in [5.41, 5.74) is 4.14. The van der Waals surface area contributed by atoms with Crippen LogP contribution in [0.1, 0.15) is 35.6 Å². The SMILES string of the molecule is C[C@H](CN1CCN(c2ccc(Cl)cc2Cl)[C@H](c2ccc(Cl)cc2)C1)c1ccc(C#N)cc1. The second-order valence-corrected chi connectivity index (χ2v) is 9.53. The third-order valence-corrected chi connectivity index (χ3v) is 6.87. The van der Waals surface area contributed by atoms with E-state index in [4.69, 9.17) is 40.1 Å². The van der Waals surface area contributed by atoms with Crippen LogP contribution in [0.4, 0.5) is 5.69 Å². The van der Waals surface area contributed by atoms with Crippen LogP contribution >= 0.6 is 34.8 Å². The standard InChI is InChI=1S/C26H24Cl3N3/c1-18(20-4-2-19(15-30)3-5-20)16-31-12-13-32(25-11-10-23(28)14-24(25)29)26(17-31)21-6-8-22(27)9-7-21/h2-11,14,18,26H,12-13,16-17H2,1H3/t18-,26+/m1/s1. The van der Waals surface area contributed by atoms with E-state index >= 15 is 0 Å². The van der Waals surface area contributed by atoms with Crippen molar-refractivity contribution < 1.29 is 0 Å². The van der Waals surface area contributed by atoms with Gasteiger partial charge in [0.2, 0.25) is 0 Å². The monoisotopic (exact) mass is 483 g/mol. The van der Waals surface area contributed by atoms with Crippen LogP contribution in [0.25, 0.3) is 0 Å². The van der Waals surface area contributed by atoms with Gasteiger partial charge in [0.15, 0.2) is 0 Å². The second kappa shape index (κ2) is 10.1. The van der Waals surface area contributed by atoms with Gasteiger partial charge >= 0.3 is 0 Å². The fraction of sp³-hybridized carbons (Fsp3) is 0.269. The Hall–Kier alpha value is -2.22.